The molecule has 35 heavy (non-hydrogen) atoms. The molecular formula is C28H30N2O5. The highest BCUT2D eigenvalue weighted by Gasteiger charge is 2.51. The summed E-state index contributed by atoms with van der Waals surface area (Å²) in [4.78, 5) is 38.1. The molecule has 3 fully saturated rings. The van der Waals surface area contributed by atoms with Gasteiger partial charge in [-0.25, -0.2) is 4.79 Å². The number of amides is 2. The SMILES string of the molecule is O=C(O)CC1CN(C(=O)C2CC3CC(NC(=O)OCC4c5ccccc5-c5ccccc54)C3C2)C1. The third kappa shape index (κ3) is 3.97. The molecule has 0 spiro atoms. The highest BCUT2D eigenvalue weighted by atomic mass is 16.5. The van der Waals surface area contributed by atoms with E-state index in [1.165, 1.54) is 22.3 Å². The van der Waals surface area contributed by atoms with Crippen LogP contribution in [0.3, 0.4) is 0 Å². The number of rotatable bonds is 6. The van der Waals surface area contributed by atoms with Crippen molar-refractivity contribution in [2.45, 2.75) is 37.6 Å². The van der Waals surface area contributed by atoms with E-state index in [-0.39, 0.29) is 42.2 Å². The molecule has 0 aromatic heterocycles. The number of nitrogens with zero attached hydrogens (tertiary/aromatic N) is 1. The number of ether oxygens (including phenoxy) is 1. The van der Waals surface area contributed by atoms with Crippen LogP contribution in [0.2, 0.25) is 0 Å². The van der Waals surface area contributed by atoms with Gasteiger partial charge in [-0.05, 0) is 53.4 Å². The first-order valence-electron chi connectivity index (χ1n) is 12.6. The molecular weight excluding hydrogens is 444 g/mol. The summed E-state index contributed by atoms with van der Waals surface area (Å²) in [5.41, 5.74) is 4.80. The van der Waals surface area contributed by atoms with Gasteiger partial charge in [-0.3, -0.25) is 9.59 Å². The van der Waals surface area contributed by atoms with Crippen molar-refractivity contribution in [1.82, 2.24) is 10.2 Å². The number of carbonyl (C=O) groups excluding carboxylic acids is 2. The average Bonchev–Trinajstić information content (AvgIpc) is 3.33. The van der Waals surface area contributed by atoms with Crippen molar-refractivity contribution in [2.24, 2.45) is 23.7 Å². The minimum Gasteiger partial charge on any atom is -0.481 e. The maximum atomic E-state index is 12.8. The molecule has 4 unspecified atom stereocenters. The zero-order valence-electron chi connectivity index (χ0n) is 19.6. The molecule has 2 aromatic rings. The quantitative estimate of drug-likeness (QED) is 0.663. The fourth-order valence-electron chi connectivity index (χ4n) is 6.77. The molecule has 2 aromatic carbocycles. The average molecular weight is 475 g/mol. The smallest absolute Gasteiger partial charge is 0.407 e. The number of likely N-dealkylation sites (tertiary alicyclic amines) is 1. The number of alkyl carbamates (subject to hydrolysis) is 1. The van der Waals surface area contributed by atoms with Gasteiger partial charge in [-0.15, -0.1) is 0 Å². The molecule has 4 aliphatic rings. The van der Waals surface area contributed by atoms with E-state index in [9.17, 15) is 14.4 Å². The Balaban J connectivity index is 0.999. The van der Waals surface area contributed by atoms with E-state index in [0.717, 1.165) is 19.3 Å². The summed E-state index contributed by atoms with van der Waals surface area (Å²) in [5.74, 6) is 0.253. The third-order valence-electron chi connectivity index (χ3n) is 8.55. The van der Waals surface area contributed by atoms with Crippen LogP contribution in [0, 0.1) is 23.7 Å². The Kier molecular flexibility index (Phi) is 5.50. The summed E-state index contributed by atoms with van der Waals surface area (Å²) >= 11 is 0. The van der Waals surface area contributed by atoms with Crippen molar-refractivity contribution in [3.8, 4) is 11.1 Å². The molecule has 7 nitrogen and oxygen atoms in total. The Labute approximate surface area is 204 Å². The van der Waals surface area contributed by atoms with Crippen LogP contribution in [0.4, 0.5) is 4.79 Å². The lowest BCUT2D eigenvalue weighted by Crippen LogP contribution is -2.52. The van der Waals surface area contributed by atoms with Crippen molar-refractivity contribution >= 4 is 18.0 Å². The Morgan fingerprint density at radius 2 is 1.60 bits per heavy atom. The number of aliphatic carboxylic acids is 1. The molecule has 1 aliphatic heterocycles. The fraction of sp³-hybridized carbons (Fsp3) is 0.464. The maximum absolute atomic E-state index is 12.8. The van der Waals surface area contributed by atoms with Gasteiger partial charge in [0.2, 0.25) is 5.91 Å². The van der Waals surface area contributed by atoms with E-state index >= 15 is 0 Å². The van der Waals surface area contributed by atoms with Crippen LogP contribution in [0.1, 0.15) is 42.7 Å². The van der Waals surface area contributed by atoms with Gasteiger partial charge in [0, 0.05) is 36.9 Å². The molecule has 2 saturated carbocycles. The second kappa shape index (κ2) is 8.70. The van der Waals surface area contributed by atoms with E-state index in [2.05, 4.69) is 29.6 Å². The normalized spacial score (nSPS) is 26.7. The van der Waals surface area contributed by atoms with Crippen molar-refractivity contribution in [2.75, 3.05) is 19.7 Å². The summed E-state index contributed by atoms with van der Waals surface area (Å²) in [7, 11) is 0. The predicted molar refractivity (Wildman–Crippen MR) is 129 cm³/mol. The van der Waals surface area contributed by atoms with Crippen molar-refractivity contribution < 1.29 is 24.2 Å². The first kappa shape index (κ1) is 22.1. The topological polar surface area (TPSA) is 95.9 Å². The van der Waals surface area contributed by atoms with E-state index in [0.29, 0.717) is 31.5 Å². The van der Waals surface area contributed by atoms with Crippen molar-refractivity contribution in [1.29, 1.82) is 0 Å². The third-order valence-corrected chi connectivity index (χ3v) is 8.55. The van der Waals surface area contributed by atoms with Gasteiger partial charge in [0.1, 0.15) is 6.61 Å². The molecule has 0 radical (unpaired) electrons. The van der Waals surface area contributed by atoms with Gasteiger partial charge in [0.25, 0.3) is 0 Å². The van der Waals surface area contributed by atoms with Crippen molar-refractivity contribution in [3.05, 3.63) is 59.7 Å². The molecule has 2 amide bonds. The molecule has 3 aliphatic carbocycles. The monoisotopic (exact) mass is 474 g/mol. The van der Waals surface area contributed by atoms with Crippen LogP contribution in [-0.4, -0.2) is 53.7 Å². The summed E-state index contributed by atoms with van der Waals surface area (Å²) in [6.07, 6.45) is 2.29. The number of benzene rings is 2. The Bertz CT molecular complexity index is 1130. The van der Waals surface area contributed by atoms with Gasteiger partial charge in [-0.1, -0.05) is 48.5 Å². The highest BCUT2D eigenvalue weighted by Crippen LogP contribution is 2.50. The Morgan fingerprint density at radius 3 is 2.26 bits per heavy atom. The van der Waals surface area contributed by atoms with Gasteiger partial charge in [0.15, 0.2) is 0 Å². The van der Waals surface area contributed by atoms with Crippen molar-refractivity contribution in [3.63, 3.8) is 0 Å². The predicted octanol–water partition coefficient (Wildman–Crippen LogP) is 3.87. The molecule has 2 N–H and O–H groups in total. The minimum atomic E-state index is -0.803. The summed E-state index contributed by atoms with van der Waals surface area (Å²) < 4.78 is 5.70. The fourth-order valence-corrected chi connectivity index (χ4v) is 6.77. The molecule has 7 heteroatoms. The van der Waals surface area contributed by atoms with E-state index in [1.54, 1.807) is 4.90 Å². The molecule has 6 rings (SSSR count). The van der Waals surface area contributed by atoms with Crippen LogP contribution in [-0.2, 0) is 14.3 Å². The largest absolute Gasteiger partial charge is 0.481 e. The molecule has 4 atom stereocenters. The number of nitrogens with one attached hydrogen (secondary N) is 1. The highest BCUT2D eigenvalue weighted by molar-refractivity contribution is 5.81. The van der Waals surface area contributed by atoms with Crippen LogP contribution < -0.4 is 5.32 Å². The molecule has 1 heterocycles. The summed E-state index contributed by atoms with van der Waals surface area (Å²) in [6.45, 7) is 1.41. The Hall–Kier alpha value is -3.35. The zero-order chi connectivity index (χ0) is 24.1. The Morgan fingerprint density at radius 1 is 0.943 bits per heavy atom. The number of hydrogen-bond acceptors (Lipinski definition) is 4. The second-order valence-corrected chi connectivity index (χ2v) is 10.6. The zero-order valence-corrected chi connectivity index (χ0v) is 19.6. The lowest BCUT2D eigenvalue weighted by molar-refractivity contribution is -0.147. The van der Waals surface area contributed by atoms with E-state index in [1.807, 2.05) is 24.3 Å². The minimum absolute atomic E-state index is 0.00918. The van der Waals surface area contributed by atoms with Crippen LogP contribution >= 0.6 is 0 Å². The first-order chi connectivity index (χ1) is 17.0. The molecule has 182 valence electrons. The van der Waals surface area contributed by atoms with E-state index < -0.39 is 5.97 Å². The summed E-state index contributed by atoms with van der Waals surface area (Å²) in [6, 6.07) is 16.6. The number of carbonyl (C=O) groups is 3. The summed E-state index contributed by atoms with van der Waals surface area (Å²) in [5, 5.41) is 12.0. The lowest BCUT2D eigenvalue weighted by atomic mass is 9.71. The molecule has 0 bridgehead atoms. The second-order valence-electron chi connectivity index (χ2n) is 10.6. The van der Waals surface area contributed by atoms with E-state index in [4.69, 9.17) is 9.84 Å². The van der Waals surface area contributed by atoms with Gasteiger partial charge < -0.3 is 20.1 Å². The first-order valence-corrected chi connectivity index (χ1v) is 12.6. The number of carboxylic acid groups (broad SMARTS) is 1. The maximum Gasteiger partial charge on any atom is 0.407 e. The standard InChI is InChI=1S/C28H30N2O5/c31-26(32)9-16-13-30(14-16)27(33)18-10-17-12-25(23(17)11-18)29-28(34)35-15-24-21-7-3-1-5-19(21)20-6-2-4-8-22(20)24/h1-8,16-18,23-25H,9-15H2,(H,29,34)(H,31,32). The van der Waals surface area contributed by atoms with Gasteiger partial charge in [0.05, 0.1) is 6.42 Å². The van der Waals surface area contributed by atoms with Crippen LogP contribution in [0.15, 0.2) is 48.5 Å². The van der Waals surface area contributed by atoms with Gasteiger partial charge in [-0.2, -0.15) is 0 Å². The molecule has 1 saturated heterocycles. The van der Waals surface area contributed by atoms with Gasteiger partial charge >= 0.3 is 12.1 Å². The lowest BCUT2D eigenvalue weighted by Gasteiger charge is -2.40. The van der Waals surface area contributed by atoms with Crippen LogP contribution in [0.5, 0.6) is 0 Å². The van der Waals surface area contributed by atoms with Crippen LogP contribution in [0.25, 0.3) is 11.1 Å². The number of hydrogen-bond donors (Lipinski definition) is 2. The number of fused-ring (bicyclic) bond motifs is 4. The number of carboxylic acids is 1.